The Morgan fingerprint density at radius 1 is 1.35 bits per heavy atom. The normalized spacial score (nSPS) is 11.5. The van der Waals surface area contributed by atoms with E-state index in [-0.39, 0.29) is 11.1 Å². The molecule has 0 bridgehead atoms. The Morgan fingerprint density at radius 3 is 2.53 bits per heavy atom. The summed E-state index contributed by atoms with van der Waals surface area (Å²) in [5.41, 5.74) is -0.421. The Morgan fingerprint density at radius 2 is 2.00 bits per heavy atom. The third-order valence-electron chi connectivity index (χ3n) is 1.82. The molecule has 17 heavy (non-hydrogen) atoms. The van der Waals surface area contributed by atoms with Crippen LogP contribution in [0.2, 0.25) is 0 Å². The molecule has 0 spiro atoms. The zero-order chi connectivity index (χ0) is 13.1. The minimum absolute atomic E-state index is 0.137. The number of carbonyl (C=O) groups is 1. The van der Waals surface area contributed by atoms with Crippen LogP contribution in [-0.4, -0.2) is 23.9 Å². The first kappa shape index (κ1) is 13.4. The number of halogens is 4. The van der Waals surface area contributed by atoms with Crippen molar-refractivity contribution >= 4 is 5.97 Å². The Hall–Kier alpha value is -1.63. The molecule has 1 N–H and O–H groups in total. The third-order valence-corrected chi connectivity index (χ3v) is 1.82. The summed E-state index contributed by atoms with van der Waals surface area (Å²) in [5, 5.41) is 8.72. The van der Waals surface area contributed by atoms with Crippen LogP contribution in [0, 0.1) is 5.82 Å². The molecule has 0 atom stereocenters. The predicted molar refractivity (Wildman–Crippen MR) is 49.1 cm³/mol. The van der Waals surface area contributed by atoms with Crippen LogP contribution < -0.4 is 0 Å². The van der Waals surface area contributed by atoms with Crippen LogP contribution in [0.25, 0.3) is 0 Å². The molecule has 0 amide bonds. The fourth-order valence-electron chi connectivity index (χ4n) is 1.17. The number of ether oxygens (including phenoxy) is 1. The van der Waals surface area contributed by atoms with Crippen molar-refractivity contribution in [1.29, 1.82) is 0 Å². The van der Waals surface area contributed by atoms with Gasteiger partial charge < -0.3 is 9.84 Å². The Balaban J connectivity index is 2.75. The summed E-state index contributed by atoms with van der Waals surface area (Å²) in [6.07, 6.45) is -4.50. The first-order valence-electron chi connectivity index (χ1n) is 4.46. The van der Waals surface area contributed by atoms with Gasteiger partial charge in [-0.3, -0.25) is 0 Å². The maximum absolute atomic E-state index is 12.8. The highest BCUT2D eigenvalue weighted by Gasteiger charge is 2.27. The average Bonchev–Trinajstić information content (AvgIpc) is 2.15. The summed E-state index contributed by atoms with van der Waals surface area (Å²) in [6.45, 7) is -2.12. The van der Waals surface area contributed by atoms with E-state index in [2.05, 4.69) is 4.74 Å². The van der Waals surface area contributed by atoms with Gasteiger partial charge >= 0.3 is 12.1 Å². The predicted octanol–water partition coefficient (Wildman–Crippen LogP) is 2.60. The number of carboxylic acid groups (broad SMARTS) is 1. The van der Waals surface area contributed by atoms with Crippen molar-refractivity contribution < 1.29 is 32.2 Å². The summed E-state index contributed by atoms with van der Waals surface area (Å²) in [7, 11) is 0. The van der Waals surface area contributed by atoms with Gasteiger partial charge in [0.2, 0.25) is 0 Å². The topological polar surface area (TPSA) is 46.5 Å². The summed E-state index contributed by atoms with van der Waals surface area (Å²) in [6, 6.07) is 2.72. The van der Waals surface area contributed by atoms with Gasteiger partial charge in [0, 0.05) is 0 Å². The molecule has 0 saturated carbocycles. The number of carboxylic acids is 1. The molecule has 1 aromatic carbocycles. The fraction of sp³-hybridized carbons (Fsp3) is 0.300. The minimum Gasteiger partial charge on any atom is -0.478 e. The van der Waals surface area contributed by atoms with Crippen molar-refractivity contribution in [2.45, 2.75) is 12.8 Å². The molecule has 0 heterocycles. The van der Waals surface area contributed by atoms with Gasteiger partial charge in [-0.2, -0.15) is 13.2 Å². The van der Waals surface area contributed by atoms with Crippen LogP contribution in [0.15, 0.2) is 18.2 Å². The first-order valence-corrected chi connectivity index (χ1v) is 4.46. The van der Waals surface area contributed by atoms with Crippen molar-refractivity contribution in [3.05, 3.63) is 35.1 Å². The maximum Gasteiger partial charge on any atom is 0.411 e. The lowest BCUT2D eigenvalue weighted by Crippen LogP contribution is -2.17. The van der Waals surface area contributed by atoms with Gasteiger partial charge in [0.1, 0.15) is 12.4 Å². The second-order valence-corrected chi connectivity index (χ2v) is 3.21. The number of hydrogen-bond acceptors (Lipinski definition) is 2. The van der Waals surface area contributed by atoms with Crippen LogP contribution in [0.3, 0.4) is 0 Å². The van der Waals surface area contributed by atoms with Crippen LogP contribution in [0.4, 0.5) is 17.6 Å². The number of hydrogen-bond donors (Lipinski definition) is 1. The number of rotatable bonds is 4. The van der Waals surface area contributed by atoms with Crippen LogP contribution in [0.1, 0.15) is 15.9 Å². The van der Waals surface area contributed by atoms with E-state index in [0.29, 0.717) is 0 Å². The molecule has 0 fully saturated rings. The molecule has 0 saturated heterocycles. The first-order chi connectivity index (χ1) is 7.79. The van der Waals surface area contributed by atoms with E-state index in [1.807, 2.05) is 0 Å². The smallest absolute Gasteiger partial charge is 0.411 e. The van der Waals surface area contributed by atoms with E-state index in [0.717, 1.165) is 18.2 Å². The van der Waals surface area contributed by atoms with Crippen molar-refractivity contribution in [2.24, 2.45) is 0 Å². The SMILES string of the molecule is O=C(O)c1ccc(F)cc1COCC(F)(F)F. The van der Waals surface area contributed by atoms with E-state index in [1.54, 1.807) is 0 Å². The number of benzene rings is 1. The second-order valence-electron chi connectivity index (χ2n) is 3.21. The summed E-state index contributed by atoms with van der Waals surface area (Å²) in [5.74, 6) is -2.09. The lowest BCUT2D eigenvalue weighted by Gasteiger charge is -2.09. The van der Waals surface area contributed by atoms with Gasteiger partial charge in [-0.1, -0.05) is 0 Å². The molecular weight excluding hydrogens is 244 g/mol. The summed E-state index contributed by atoms with van der Waals surface area (Å²) < 4.78 is 52.4. The fourth-order valence-corrected chi connectivity index (χ4v) is 1.17. The Bertz CT molecular complexity index is 415. The number of alkyl halides is 3. The lowest BCUT2D eigenvalue weighted by molar-refractivity contribution is -0.176. The molecule has 3 nitrogen and oxygen atoms in total. The molecule has 0 aliphatic carbocycles. The van der Waals surface area contributed by atoms with Gasteiger partial charge in [-0.25, -0.2) is 9.18 Å². The molecule has 1 aromatic rings. The minimum atomic E-state index is -4.50. The highest BCUT2D eigenvalue weighted by Crippen LogP contribution is 2.17. The standard InChI is InChI=1S/C10H8F4O3/c11-7-1-2-8(9(15)16)6(3-7)4-17-5-10(12,13)14/h1-3H,4-5H2,(H,15,16). The lowest BCUT2D eigenvalue weighted by atomic mass is 10.1. The van der Waals surface area contributed by atoms with Gasteiger partial charge in [-0.15, -0.1) is 0 Å². The molecular formula is C10H8F4O3. The molecule has 0 radical (unpaired) electrons. The molecule has 0 aliphatic rings. The highest BCUT2D eigenvalue weighted by atomic mass is 19.4. The van der Waals surface area contributed by atoms with Gasteiger partial charge in [0.25, 0.3) is 0 Å². The Kier molecular flexibility index (Phi) is 4.06. The van der Waals surface area contributed by atoms with E-state index < -0.39 is 31.2 Å². The molecule has 94 valence electrons. The van der Waals surface area contributed by atoms with Gasteiger partial charge in [0.05, 0.1) is 12.2 Å². The number of aromatic carboxylic acids is 1. The van der Waals surface area contributed by atoms with Crippen LogP contribution in [-0.2, 0) is 11.3 Å². The molecule has 1 rings (SSSR count). The Labute approximate surface area is 93.6 Å². The molecule has 0 unspecified atom stereocenters. The third kappa shape index (κ3) is 4.39. The van der Waals surface area contributed by atoms with E-state index >= 15 is 0 Å². The zero-order valence-electron chi connectivity index (χ0n) is 8.42. The van der Waals surface area contributed by atoms with Crippen molar-refractivity contribution in [2.75, 3.05) is 6.61 Å². The van der Waals surface area contributed by atoms with E-state index in [4.69, 9.17) is 5.11 Å². The molecule has 0 aromatic heterocycles. The van der Waals surface area contributed by atoms with Crippen molar-refractivity contribution in [3.8, 4) is 0 Å². The van der Waals surface area contributed by atoms with Gasteiger partial charge in [0.15, 0.2) is 0 Å². The van der Waals surface area contributed by atoms with Crippen LogP contribution in [0.5, 0.6) is 0 Å². The van der Waals surface area contributed by atoms with Crippen LogP contribution >= 0.6 is 0 Å². The molecule has 7 heteroatoms. The zero-order valence-corrected chi connectivity index (χ0v) is 8.42. The quantitative estimate of drug-likeness (QED) is 0.838. The molecule has 0 aliphatic heterocycles. The van der Waals surface area contributed by atoms with Crippen molar-refractivity contribution in [3.63, 3.8) is 0 Å². The largest absolute Gasteiger partial charge is 0.478 e. The van der Waals surface area contributed by atoms with Crippen molar-refractivity contribution in [1.82, 2.24) is 0 Å². The highest BCUT2D eigenvalue weighted by molar-refractivity contribution is 5.89. The monoisotopic (exact) mass is 252 g/mol. The van der Waals surface area contributed by atoms with E-state index in [1.165, 1.54) is 0 Å². The summed E-state index contributed by atoms with van der Waals surface area (Å²) in [4.78, 5) is 10.7. The summed E-state index contributed by atoms with van der Waals surface area (Å²) >= 11 is 0. The van der Waals surface area contributed by atoms with E-state index in [9.17, 15) is 22.4 Å². The van der Waals surface area contributed by atoms with Gasteiger partial charge in [-0.05, 0) is 23.8 Å². The average molecular weight is 252 g/mol. The second kappa shape index (κ2) is 5.13. The maximum atomic E-state index is 12.8.